The summed E-state index contributed by atoms with van der Waals surface area (Å²) in [6.45, 7) is -0.122. The quantitative estimate of drug-likeness (QED) is 0.857. The summed E-state index contributed by atoms with van der Waals surface area (Å²) in [6, 6.07) is 17.2. The van der Waals surface area contributed by atoms with Gasteiger partial charge in [0.25, 0.3) is 0 Å². The number of aliphatic hydroxyl groups is 1. The molecule has 4 rings (SSSR count). The van der Waals surface area contributed by atoms with E-state index in [-0.39, 0.29) is 36.9 Å². The van der Waals surface area contributed by atoms with E-state index in [0.717, 1.165) is 11.1 Å². The number of carbonyl (C=O) groups excluding carboxylic acids is 2. The van der Waals surface area contributed by atoms with Gasteiger partial charge in [0.2, 0.25) is 0 Å². The molecule has 1 aliphatic heterocycles. The van der Waals surface area contributed by atoms with Crippen LogP contribution in [0.3, 0.4) is 0 Å². The second kappa shape index (κ2) is 6.92. The fourth-order valence-corrected chi connectivity index (χ4v) is 3.98. The summed E-state index contributed by atoms with van der Waals surface area (Å²) in [6.07, 6.45) is 0.0628. The highest BCUT2D eigenvalue weighted by molar-refractivity contribution is 5.90. The molecule has 5 nitrogen and oxygen atoms in total. The Balaban J connectivity index is 1.44. The molecule has 2 aromatic carbocycles. The summed E-state index contributed by atoms with van der Waals surface area (Å²) in [4.78, 5) is 23.9. The van der Waals surface area contributed by atoms with Crippen LogP contribution in [-0.2, 0) is 14.3 Å². The number of fused-ring (bicyclic) bond motifs is 1. The van der Waals surface area contributed by atoms with Crippen molar-refractivity contribution >= 4 is 11.9 Å². The zero-order chi connectivity index (χ0) is 18.1. The van der Waals surface area contributed by atoms with Gasteiger partial charge in [-0.25, -0.2) is 4.79 Å². The molecule has 0 spiro atoms. The predicted octanol–water partition coefficient (Wildman–Crippen LogP) is 2.82. The third kappa shape index (κ3) is 3.10. The molecule has 134 valence electrons. The van der Waals surface area contributed by atoms with Crippen molar-refractivity contribution in [3.05, 3.63) is 60.2 Å². The first-order valence-electron chi connectivity index (χ1n) is 8.82. The maximum atomic E-state index is 12.5. The Hall–Kier alpha value is -2.66. The van der Waals surface area contributed by atoms with Crippen LogP contribution < -0.4 is 0 Å². The standard InChI is InChI=1S/C21H20O5/c22-12-17-16-10-20(23)25-18(16)11-19(17)26-21(24)15-8-6-14(7-9-15)13-4-2-1-3-5-13/h1-9,16-19,22H,10-12H2/t16-,17?,18+,19-/m1/s1. The molecule has 2 aliphatic rings. The zero-order valence-corrected chi connectivity index (χ0v) is 14.2. The minimum Gasteiger partial charge on any atom is -0.462 e. The number of aliphatic hydroxyl groups excluding tert-OH is 1. The highest BCUT2D eigenvalue weighted by Crippen LogP contribution is 2.42. The highest BCUT2D eigenvalue weighted by atomic mass is 16.6. The minimum absolute atomic E-state index is 0.0641. The average Bonchev–Trinajstić information content (AvgIpc) is 3.17. The van der Waals surface area contributed by atoms with Gasteiger partial charge in [-0.2, -0.15) is 0 Å². The van der Waals surface area contributed by atoms with Crippen LogP contribution in [0.1, 0.15) is 23.2 Å². The molecule has 0 radical (unpaired) electrons. The van der Waals surface area contributed by atoms with Gasteiger partial charge in [-0.3, -0.25) is 4.79 Å². The highest BCUT2D eigenvalue weighted by Gasteiger charge is 2.51. The van der Waals surface area contributed by atoms with E-state index in [1.807, 2.05) is 42.5 Å². The van der Waals surface area contributed by atoms with Gasteiger partial charge in [0.15, 0.2) is 0 Å². The molecule has 0 bridgehead atoms. The first-order chi connectivity index (χ1) is 12.7. The molecule has 4 atom stereocenters. The molecule has 1 aliphatic carbocycles. The van der Waals surface area contributed by atoms with E-state index in [4.69, 9.17) is 9.47 Å². The Kier molecular flexibility index (Phi) is 4.47. The van der Waals surface area contributed by atoms with Gasteiger partial charge in [0.05, 0.1) is 12.0 Å². The van der Waals surface area contributed by atoms with Gasteiger partial charge in [0.1, 0.15) is 12.2 Å². The lowest BCUT2D eigenvalue weighted by Crippen LogP contribution is -2.28. The summed E-state index contributed by atoms with van der Waals surface area (Å²) in [5, 5.41) is 9.66. The number of esters is 2. The van der Waals surface area contributed by atoms with Crippen LogP contribution in [0.25, 0.3) is 11.1 Å². The minimum atomic E-state index is -0.426. The third-order valence-electron chi connectivity index (χ3n) is 5.35. The van der Waals surface area contributed by atoms with Crippen LogP contribution in [-0.4, -0.2) is 35.9 Å². The summed E-state index contributed by atoms with van der Waals surface area (Å²) in [5.74, 6) is -0.969. The van der Waals surface area contributed by atoms with Crippen LogP contribution in [0.4, 0.5) is 0 Å². The monoisotopic (exact) mass is 352 g/mol. The maximum absolute atomic E-state index is 12.5. The summed E-state index contributed by atoms with van der Waals surface area (Å²) < 4.78 is 10.9. The fraction of sp³-hybridized carbons (Fsp3) is 0.333. The fourth-order valence-electron chi connectivity index (χ4n) is 3.98. The van der Waals surface area contributed by atoms with Crippen molar-refractivity contribution in [2.45, 2.75) is 25.0 Å². The van der Waals surface area contributed by atoms with E-state index in [1.165, 1.54) is 0 Å². The van der Waals surface area contributed by atoms with Crippen LogP contribution in [0.5, 0.6) is 0 Å². The van der Waals surface area contributed by atoms with Gasteiger partial charge < -0.3 is 14.6 Å². The van der Waals surface area contributed by atoms with Crippen molar-refractivity contribution in [1.29, 1.82) is 0 Å². The summed E-state index contributed by atoms with van der Waals surface area (Å²) in [7, 11) is 0. The zero-order valence-electron chi connectivity index (χ0n) is 14.2. The number of ether oxygens (including phenoxy) is 2. The smallest absolute Gasteiger partial charge is 0.338 e. The third-order valence-corrected chi connectivity index (χ3v) is 5.35. The van der Waals surface area contributed by atoms with Gasteiger partial charge in [-0.15, -0.1) is 0 Å². The Bertz CT molecular complexity index is 799. The second-order valence-electron chi connectivity index (χ2n) is 6.87. The summed E-state index contributed by atoms with van der Waals surface area (Å²) >= 11 is 0. The summed E-state index contributed by atoms with van der Waals surface area (Å²) in [5.41, 5.74) is 2.58. The van der Waals surface area contributed by atoms with Crippen molar-refractivity contribution in [2.24, 2.45) is 11.8 Å². The second-order valence-corrected chi connectivity index (χ2v) is 6.87. The average molecular weight is 352 g/mol. The van der Waals surface area contributed by atoms with Crippen molar-refractivity contribution in [3.63, 3.8) is 0 Å². The molecular weight excluding hydrogens is 332 g/mol. The molecule has 26 heavy (non-hydrogen) atoms. The molecule has 0 amide bonds. The van der Waals surface area contributed by atoms with E-state index in [2.05, 4.69) is 0 Å². The number of hydrogen-bond donors (Lipinski definition) is 1. The lowest BCUT2D eigenvalue weighted by Gasteiger charge is -2.20. The van der Waals surface area contributed by atoms with E-state index >= 15 is 0 Å². The van der Waals surface area contributed by atoms with Crippen LogP contribution in [0.15, 0.2) is 54.6 Å². The molecule has 1 saturated heterocycles. The Morgan fingerprint density at radius 3 is 2.46 bits per heavy atom. The molecular formula is C21H20O5. The van der Waals surface area contributed by atoms with Gasteiger partial charge >= 0.3 is 11.9 Å². The van der Waals surface area contributed by atoms with Gasteiger partial charge in [-0.1, -0.05) is 42.5 Å². The van der Waals surface area contributed by atoms with E-state index in [0.29, 0.717) is 12.0 Å². The Labute approximate surface area is 151 Å². The normalized spacial score (nSPS) is 27.0. The van der Waals surface area contributed by atoms with Crippen LogP contribution in [0.2, 0.25) is 0 Å². The molecule has 1 heterocycles. The number of benzene rings is 2. The van der Waals surface area contributed by atoms with Crippen LogP contribution >= 0.6 is 0 Å². The topological polar surface area (TPSA) is 72.8 Å². The van der Waals surface area contributed by atoms with Crippen LogP contribution in [0, 0.1) is 11.8 Å². The largest absolute Gasteiger partial charge is 0.462 e. The molecule has 1 N–H and O–H groups in total. The van der Waals surface area contributed by atoms with E-state index in [9.17, 15) is 14.7 Å². The van der Waals surface area contributed by atoms with E-state index < -0.39 is 12.1 Å². The molecule has 2 fully saturated rings. The van der Waals surface area contributed by atoms with Gasteiger partial charge in [0, 0.05) is 24.9 Å². The lowest BCUT2D eigenvalue weighted by molar-refractivity contribution is -0.141. The molecule has 0 aromatic heterocycles. The predicted molar refractivity (Wildman–Crippen MR) is 94.3 cm³/mol. The van der Waals surface area contributed by atoms with E-state index in [1.54, 1.807) is 12.1 Å². The SMILES string of the molecule is O=C1C[C@@H]2C(CO)[C@H](OC(=O)c3ccc(-c4ccccc4)cc3)C[C@@H]2O1. The van der Waals surface area contributed by atoms with Crippen molar-refractivity contribution in [2.75, 3.05) is 6.61 Å². The molecule has 1 saturated carbocycles. The lowest BCUT2D eigenvalue weighted by atomic mass is 9.93. The Morgan fingerprint density at radius 2 is 1.77 bits per heavy atom. The first kappa shape index (κ1) is 16.8. The Morgan fingerprint density at radius 1 is 1.08 bits per heavy atom. The number of carbonyl (C=O) groups is 2. The number of hydrogen-bond acceptors (Lipinski definition) is 5. The molecule has 5 heteroatoms. The molecule has 1 unspecified atom stereocenters. The van der Waals surface area contributed by atoms with Crippen molar-refractivity contribution < 1.29 is 24.2 Å². The number of rotatable bonds is 4. The first-order valence-corrected chi connectivity index (χ1v) is 8.82. The maximum Gasteiger partial charge on any atom is 0.338 e. The van der Waals surface area contributed by atoms with Crippen molar-refractivity contribution in [1.82, 2.24) is 0 Å². The van der Waals surface area contributed by atoms with Gasteiger partial charge in [-0.05, 0) is 23.3 Å². The van der Waals surface area contributed by atoms with Crippen molar-refractivity contribution in [3.8, 4) is 11.1 Å². The molecule has 2 aromatic rings.